The van der Waals surface area contributed by atoms with Gasteiger partial charge in [0, 0.05) is 12.1 Å². The number of carbonyl (C=O) groups excluding carboxylic acids is 1. The highest BCUT2D eigenvalue weighted by atomic mass is 35.5. The summed E-state index contributed by atoms with van der Waals surface area (Å²) in [5.41, 5.74) is 1.20. The average Bonchev–Trinajstić information content (AvgIpc) is 2.52. The van der Waals surface area contributed by atoms with Gasteiger partial charge in [-0.3, -0.25) is 4.79 Å². The lowest BCUT2D eigenvalue weighted by atomic mass is 10.1. The van der Waals surface area contributed by atoms with Crippen molar-refractivity contribution >= 4 is 23.2 Å². The van der Waals surface area contributed by atoms with E-state index in [4.69, 9.17) is 21.1 Å². The van der Waals surface area contributed by atoms with Gasteiger partial charge in [0.15, 0.2) is 0 Å². The van der Waals surface area contributed by atoms with Gasteiger partial charge in [0.1, 0.15) is 18.2 Å². The molecule has 0 radical (unpaired) electrons. The fourth-order valence-corrected chi connectivity index (χ4v) is 2.11. The quantitative estimate of drug-likeness (QED) is 0.784. The topological polar surface area (TPSA) is 47.6 Å². The first-order valence-corrected chi connectivity index (χ1v) is 7.42. The van der Waals surface area contributed by atoms with Crippen LogP contribution >= 0.6 is 11.6 Å². The largest absolute Gasteiger partial charge is 0.489 e. The zero-order valence-electron chi connectivity index (χ0n) is 12.6. The standard InChI is InChI=1S/C17H17ClFNO3/c1-22-8-9-23-16-7-4-13(18)11-15(16)20-17(21)10-12-2-5-14(19)6-3-12/h2-7,11H,8-10H2,1H3,(H,20,21). The Bertz CT molecular complexity index is 661. The second kappa shape index (κ2) is 8.50. The maximum Gasteiger partial charge on any atom is 0.228 e. The minimum atomic E-state index is -0.335. The molecule has 0 heterocycles. The lowest BCUT2D eigenvalue weighted by Crippen LogP contribution is -2.16. The normalized spacial score (nSPS) is 10.4. The molecule has 0 bridgehead atoms. The summed E-state index contributed by atoms with van der Waals surface area (Å²) in [6, 6.07) is 10.8. The molecule has 0 aliphatic rings. The first-order chi connectivity index (χ1) is 11.1. The van der Waals surface area contributed by atoms with E-state index in [1.54, 1.807) is 37.4 Å². The lowest BCUT2D eigenvalue weighted by Gasteiger charge is -2.13. The predicted octanol–water partition coefficient (Wildman–Crippen LogP) is 3.69. The van der Waals surface area contributed by atoms with E-state index < -0.39 is 0 Å². The molecule has 1 amide bonds. The van der Waals surface area contributed by atoms with E-state index in [0.29, 0.717) is 35.2 Å². The van der Waals surface area contributed by atoms with Crippen LogP contribution in [0.3, 0.4) is 0 Å². The van der Waals surface area contributed by atoms with E-state index in [1.165, 1.54) is 12.1 Å². The highest BCUT2D eigenvalue weighted by molar-refractivity contribution is 6.31. The average molecular weight is 338 g/mol. The van der Waals surface area contributed by atoms with Crippen molar-refractivity contribution in [2.45, 2.75) is 6.42 Å². The van der Waals surface area contributed by atoms with Gasteiger partial charge < -0.3 is 14.8 Å². The van der Waals surface area contributed by atoms with E-state index in [-0.39, 0.29) is 18.1 Å². The van der Waals surface area contributed by atoms with Crippen molar-refractivity contribution < 1.29 is 18.7 Å². The molecule has 0 saturated heterocycles. The molecular formula is C17H17ClFNO3. The molecule has 2 aromatic carbocycles. The third-order valence-corrected chi connectivity index (χ3v) is 3.27. The van der Waals surface area contributed by atoms with Crippen molar-refractivity contribution in [2.75, 3.05) is 25.6 Å². The van der Waals surface area contributed by atoms with Crippen LogP contribution in [0.15, 0.2) is 42.5 Å². The highest BCUT2D eigenvalue weighted by Crippen LogP contribution is 2.28. The molecule has 0 fully saturated rings. The van der Waals surface area contributed by atoms with Crippen LogP contribution in [0.4, 0.5) is 10.1 Å². The van der Waals surface area contributed by atoms with Crippen LogP contribution in [0, 0.1) is 5.82 Å². The summed E-state index contributed by atoms with van der Waals surface area (Å²) >= 11 is 5.97. The zero-order chi connectivity index (χ0) is 16.7. The Morgan fingerprint density at radius 1 is 1.17 bits per heavy atom. The zero-order valence-corrected chi connectivity index (χ0v) is 13.4. The van der Waals surface area contributed by atoms with Crippen molar-refractivity contribution in [3.8, 4) is 5.75 Å². The van der Waals surface area contributed by atoms with Crippen LogP contribution in [0.1, 0.15) is 5.56 Å². The van der Waals surface area contributed by atoms with Crippen LogP contribution in [-0.4, -0.2) is 26.2 Å². The molecule has 4 nitrogen and oxygen atoms in total. The molecule has 2 aromatic rings. The number of carbonyl (C=O) groups is 1. The van der Waals surface area contributed by atoms with Gasteiger partial charge in [0.2, 0.25) is 5.91 Å². The van der Waals surface area contributed by atoms with Crippen LogP contribution in [0.2, 0.25) is 5.02 Å². The summed E-state index contributed by atoms with van der Waals surface area (Å²) in [7, 11) is 1.58. The molecule has 1 N–H and O–H groups in total. The number of hydrogen-bond donors (Lipinski definition) is 1. The number of anilines is 1. The maximum atomic E-state index is 12.9. The van der Waals surface area contributed by atoms with Crippen LogP contribution in [0.25, 0.3) is 0 Å². The fraction of sp³-hybridized carbons (Fsp3) is 0.235. The van der Waals surface area contributed by atoms with Gasteiger partial charge >= 0.3 is 0 Å². The smallest absolute Gasteiger partial charge is 0.228 e. The summed E-state index contributed by atoms with van der Waals surface area (Å²) < 4.78 is 23.4. The molecule has 0 aliphatic heterocycles. The number of nitrogens with one attached hydrogen (secondary N) is 1. The third-order valence-electron chi connectivity index (χ3n) is 3.04. The molecule has 6 heteroatoms. The number of hydrogen-bond acceptors (Lipinski definition) is 3. The van der Waals surface area contributed by atoms with Gasteiger partial charge in [-0.25, -0.2) is 4.39 Å². The van der Waals surface area contributed by atoms with Crippen LogP contribution in [0.5, 0.6) is 5.75 Å². The SMILES string of the molecule is COCCOc1ccc(Cl)cc1NC(=O)Cc1ccc(F)cc1. The van der Waals surface area contributed by atoms with Gasteiger partial charge in [-0.1, -0.05) is 23.7 Å². The minimum absolute atomic E-state index is 0.129. The molecule has 23 heavy (non-hydrogen) atoms. The first kappa shape index (κ1) is 17.2. The molecule has 0 aliphatic carbocycles. The molecule has 122 valence electrons. The second-order valence-corrected chi connectivity index (χ2v) is 5.27. The monoisotopic (exact) mass is 337 g/mol. The molecule has 0 atom stereocenters. The maximum absolute atomic E-state index is 12.9. The Morgan fingerprint density at radius 2 is 1.91 bits per heavy atom. The van der Waals surface area contributed by atoms with E-state index in [2.05, 4.69) is 5.32 Å². The van der Waals surface area contributed by atoms with Gasteiger partial charge in [-0.05, 0) is 35.9 Å². The van der Waals surface area contributed by atoms with Crippen molar-refractivity contribution in [3.05, 3.63) is 58.9 Å². The number of benzene rings is 2. The summed E-state index contributed by atoms with van der Waals surface area (Å²) in [4.78, 5) is 12.1. The van der Waals surface area contributed by atoms with Crippen LogP contribution < -0.4 is 10.1 Å². The van der Waals surface area contributed by atoms with Crippen LogP contribution in [-0.2, 0) is 16.0 Å². The Hall–Kier alpha value is -2.11. The predicted molar refractivity (Wildman–Crippen MR) is 87.6 cm³/mol. The molecule has 0 saturated carbocycles. The summed E-state index contributed by atoms with van der Waals surface area (Å²) in [5, 5.41) is 3.25. The highest BCUT2D eigenvalue weighted by Gasteiger charge is 2.10. The third kappa shape index (κ3) is 5.54. The van der Waals surface area contributed by atoms with E-state index in [9.17, 15) is 9.18 Å². The Balaban J connectivity index is 2.03. The first-order valence-electron chi connectivity index (χ1n) is 7.04. The second-order valence-electron chi connectivity index (χ2n) is 4.83. The molecular weight excluding hydrogens is 321 g/mol. The van der Waals surface area contributed by atoms with E-state index in [0.717, 1.165) is 0 Å². The molecule has 0 aromatic heterocycles. The minimum Gasteiger partial charge on any atom is -0.489 e. The van der Waals surface area contributed by atoms with Crippen molar-refractivity contribution in [3.63, 3.8) is 0 Å². The molecule has 0 spiro atoms. The van der Waals surface area contributed by atoms with Gasteiger partial charge in [0.25, 0.3) is 0 Å². The Labute approximate surface area is 139 Å². The summed E-state index contributed by atoms with van der Waals surface area (Å²) in [6.45, 7) is 0.796. The van der Waals surface area contributed by atoms with Gasteiger partial charge in [0.05, 0.1) is 18.7 Å². The number of ether oxygens (including phenoxy) is 2. The van der Waals surface area contributed by atoms with Gasteiger partial charge in [-0.15, -0.1) is 0 Å². The van der Waals surface area contributed by atoms with Gasteiger partial charge in [-0.2, -0.15) is 0 Å². The number of methoxy groups -OCH3 is 1. The number of rotatable bonds is 7. The van der Waals surface area contributed by atoms with Crippen molar-refractivity contribution in [2.24, 2.45) is 0 Å². The Kier molecular flexibility index (Phi) is 6.38. The number of amides is 1. The fourth-order valence-electron chi connectivity index (χ4n) is 1.94. The lowest BCUT2D eigenvalue weighted by molar-refractivity contribution is -0.115. The molecule has 0 unspecified atom stereocenters. The van der Waals surface area contributed by atoms with Crippen molar-refractivity contribution in [1.29, 1.82) is 0 Å². The Morgan fingerprint density at radius 3 is 2.61 bits per heavy atom. The summed E-state index contributed by atoms with van der Waals surface area (Å²) in [6.07, 6.45) is 0.129. The van der Waals surface area contributed by atoms with E-state index in [1.807, 2.05) is 0 Å². The number of halogens is 2. The molecule has 2 rings (SSSR count). The summed E-state index contributed by atoms with van der Waals surface area (Å²) in [5.74, 6) is -0.0628. The van der Waals surface area contributed by atoms with Crippen molar-refractivity contribution in [1.82, 2.24) is 0 Å². The van der Waals surface area contributed by atoms with E-state index >= 15 is 0 Å².